The maximum atomic E-state index is 14.9. The summed E-state index contributed by atoms with van der Waals surface area (Å²) in [6.07, 6.45) is 2.49. The van der Waals surface area contributed by atoms with Crippen molar-refractivity contribution >= 4 is 18.2 Å². The van der Waals surface area contributed by atoms with Crippen molar-refractivity contribution in [2.45, 2.75) is 50.7 Å². The van der Waals surface area contributed by atoms with Crippen molar-refractivity contribution in [1.82, 2.24) is 10.5 Å². The highest BCUT2D eigenvalue weighted by Gasteiger charge is 2.24. The van der Waals surface area contributed by atoms with Gasteiger partial charge in [0, 0.05) is 30.8 Å². The standard InChI is InChI=1S/C33H38FN5O7/c34-27-18-23(5-6-24(27)20-35)32-31(22-7-9-26(10-8-22)44-17-15-40)29(19-30(37-32)39-13-11-25(36)12-14-39)45-16-3-1-2-4-28(46-21-41)33(42)38-43/h5-10,18-19,21,25,28,40,43H,1-4,11-17,36H2,(H,38,42). The molecule has 2 heterocycles. The summed E-state index contributed by atoms with van der Waals surface area (Å²) in [5.74, 6) is 0.273. The second-order valence-electron chi connectivity index (χ2n) is 10.8. The van der Waals surface area contributed by atoms with Gasteiger partial charge in [0.25, 0.3) is 12.4 Å². The molecule has 4 rings (SSSR count). The number of ether oxygens (including phenoxy) is 3. The van der Waals surface area contributed by atoms with E-state index in [4.69, 9.17) is 35.2 Å². The van der Waals surface area contributed by atoms with Gasteiger partial charge in [0.15, 0.2) is 6.10 Å². The van der Waals surface area contributed by atoms with Crippen LogP contribution in [0, 0.1) is 17.1 Å². The molecule has 0 spiro atoms. The second-order valence-corrected chi connectivity index (χ2v) is 10.8. The van der Waals surface area contributed by atoms with Crippen LogP contribution in [0.5, 0.6) is 11.5 Å². The van der Waals surface area contributed by atoms with E-state index in [0.29, 0.717) is 73.1 Å². The minimum Gasteiger partial charge on any atom is -0.493 e. The van der Waals surface area contributed by atoms with Gasteiger partial charge >= 0.3 is 0 Å². The molecule has 46 heavy (non-hydrogen) atoms. The number of piperidine rings is 1. The first-order chi connectivity index (χ1) is 22.4. The molecule has 1 atom stereocenters. The highest BCUT2D eigenvalue weighted by atomic mass is 19.1. The van der Waals surface area contributed by atoms with Gasteiger partial charge in [-0.3, -0.25) is 14.8 Å². The topological polar surface area (TPSA) is 180 Å². The van der Waals surface area contributed by atoms with E-state index in [2.05, 4.69) is 4.90 Å². The molecule has 1 fully saturated rings. The Balaban J connectivity index is 1.68. The number of nitrogens with zero attached hydrogens (tertiary/aromatic N) is 3. The third kappa shape index (κ3) is 8.91. The summed E-state index contributed by atoms with van der Waals surface area (Å²) >= 11 is 0. The number of hydrogen-bond donors (Lipinski definition) is 4. The summed E-state index contributed by atoms with van der Waals surface area (Å²) in [4.78, 5) is 29.5. The van der Waals surface area contributed by atoms with Crippen LogP contribution in [-0.4, -0.2) is 72.7 Å². The number of nitriles is 1. The predicted molar refractivity (Wildman–Crippen MR) is 167 cm³/mol. The molecule has 1 aromatic heterocycles. The van der Waals surface area contributed by atoms with Gasteiger partial charge in [-0.15, -0.1) is 0 Å². The van der Waals surface area contributed by atoms with Crippen molar-refractivity contribution in [1.29, 1.82) is 5.26 Å². The fourth-order valence-corrected chi connectivity index (χ4v) is 5.23. The molecule has 1 aliphatic heterocycles. The molecule has 244 valence electrons. The van der Waals surface area contributed by atoms with E-state index in [-0.39, 0.29) is 37.7 Å². The van der Waals surface area contributed by atoms with Crippen molar-refractivity contribution in [3.05, 3.63) is 59.9 Å². The second kappa shape index (κ2) is 17.1. The van der Waals surface area contributed by atoms with Gasteiger partial charge in [-0.25, -0.2) is 14.9 Å². The van der Waals surface area contributed by atoms with Crippen molar-refractivity contribution in [3.63, 3.8) is 0 Å². The van der Waals surface area contributed by atoms with E-state index >= 15 is 0 Å². The quantitative estimate of drug-likeness (QED) is 0.0780. The Labute approximate surface area is 266 Å². The highest BCUT2D eigenvalue weighted by molar-refractivity contribution is 5.87. The number of pyridine rings is 1. The Morgan fingerprint density at radius 2 is 1.85 bits per heavy atom. The third-order valence-electron chi connectivity index (χ3n) is 7.69. The maximum Gasteiger partial charge on any atom is 0.293 e. The third-order valence-corrected chi connectivity index (χ3v) is 7.69. The van der Waals surface area contributed by atoms with E-state index in [1.54, 1.807) is 18.2 Å². The molecule has 0 aliphatic carbocycles. The fraction of sp³-hybridized carbons (Fsp3) is 0.394. The first-order valence-corrected chi connectivity index (χ1v) is 15.1. The Morgan fingerprint density at radius 1 is 1.11 bits per heavy atom. The molecule has 2 aromatic carbocycles. The molecule has 13 heteroatoms. The van der Waals surface area contributed by atoms with Gasteiger partial charge in [-0.05, 0) is 68.4 Å². The molecule has 0 saturated carbocycles. The number of anilines is 1. The van der Waals surface area contributed by atoms with Crippen molar-refractivity contribution in [2.24, 2.45) is 5.73 Å². The van der Waals surface area contributed by atoms with Crippen LogP contribution in [0.4, 0.5) is 10.2 Å². The number of amides is 1. The smallest absolute Gasteiger partial charge is 0.293 e. The lowest BCUT2D eigenvalue weighted by Gasteiger charge is -2.32. The number of aliphatic hydroxyl groups excluding tert-OH is 1. The van der Waals surface area contributed by atoms with Gasteiger partial charge in [0.1, 0.15) is 35.8 Å². The number of aromatic nitrogens is 1. The van der Waals surface area contributed by atoms with Gasteiger partial charge in [0.05, 0.1) is 30.0 Å². The number of nitrogens with two attached hydrogens (primary N) is 1. The monoisotopic (exact) mass is 635 g/mol. The van der Waals surface area contributed by atoms with Crippen LogP contribution in [0.2, 0.25) is 0 Å². The number of halogens is 1. The molecule has 3 aromatic rings. The Hall–Kier alpha value is -4.77. The number of unbranched alkanes of at least 4 members (excludes halogenated alkanes) is 2. The number of nitrogens with one attached hydrogen (secondary N) is 1. The van der Waals surface area contributed by atoms with Crippen molar-refractivity contribution in [2.75, 3.05) is 37.8 Å². The molecule has 1 aliphatic rings. The van der Waals surface area contributed by atoms with Crippen LogP contribution in [0.3, 0.4) is 0 Å². The Morgan fingerprint density at radius 3 is 2.50 bits per heavy atom. The Kier molecular flexibility index (Phi) is 12.7. The van der Waals surface area contributed by atoms with Gasteiger partial charge in [-0.2, -0.15) is 5.26 Å². The van der Waals surface area contributed by atoms with E-state index in [1.807, 2.05) is 24.3 Å². The molecular formula is C33H38FN5O7. The van der Waals surface area contributed by atoms with Gasteiger partial charge < -0.3 is 30.0 Å². The molecule has 0 bridgehead atoms. The summed E-state index contributed by atoms with van der Waals surface area (Å²) in [5, 5.41) is 27.3. The number of hydroxylamine groups is 1. The van der Waals surface area contributed by atoms with Gasteiger partial charge in [-0.1, -0.05) is 18.2 Å². The minimum absolute atomic E-state index is 0.0782. The van der Waals surface area contributed by atoms with Gasteiger partial charge in [0.2, 0.25) is 0 Å². The highest BCUT2D eigenvalue weighted by Crippen LogP contribution is 2.42. The summed E-state index contributed by atoms with van der Waals surface area (Å²) in [5.41, 5.74) is 9.87. The molecule has 1 unspecified atom stereocenters. The first-order valence-electron chi connectivity index (χ1n) is 15.1. The lowest BCUT2D eigenvalue weighted by atomic mass is 9.97. The molecule has 12 nitrogen and oxygen atoms in total. The average Bonchev–Trinajstić information content (AvgIpc) is 3.08. The van der Waals surface area contributed by atoms with Crippen LogP contribution in [0.15, 0.2) is 48.5 Å². The van der Waals surface area contributed by atoms with Crippen LogP contribution in [0.25, 0.3) is 22.4 Å². The number of rotatable bonds is 16. The van der Waals surface area contributed by atoms with Crippen molar-refractivity contribution < 1.29 is 38.5 Å². The van der Waals surface area contributed by atoms with Crippen LogP contribution >= 0.6 is 0 Å². The number of hydrogen-bond acceptors (Lipinski definition) is 11. The average molecular weight is 636 g/mol. The zero-order valence-corrected chi connectivity index (χ0v) is 25.4. The van der Waals surface area contributed by atoms with Crippen molar-refractivity contribution in [3.8, 4) is 40.0 Å². The van der Waals surface area contributed by atoms with E-state index in [1.165, 1.54) is 17.6 Å². The normalized spacial score (nSPS) is 13.8. The zero-order chi connectivity index (χ0) is 32.9. The molecule has 1 saturated heterocycles. The van der Waals surface area contributed by atoms with Crippen LogP contribution in [0.1, 0.15) is 44.1 Å². The van der Waals surface area contributed by atoms with Crippen LogP contribution in [-0.2, 0) is 14.3 Å². The number of carbonyl (C=O) groups excluding carboxylic acids is 2. The predicted octanol–water partition coefficient (Wildman–Crippen LogP) is 3.71. The van der Waals surface area contributed by atoms with E-state index in [9.17, 15) is 19.2 Å². The SMILES string of the molecule is N#Cc1ccc(-c2nc(N3CCC(N)CC3)cc(OCCCCCC(OC=O)C(=O)NO)c2-c2ccc(OCCO)cc2)cc1F. The number of benzene rings is 2. The summed E-state index contributed by atoms with van der Waals surface area (Å²) in [6, 6.07) is 15.4. The maximum absolute atomic E-state index is 14.9. The minimum atomic E-state index is -1.09. The largest absolute Gasteiger partial charge is 0.493 e. The van der Waals surface area contributed by atoms with E-state index < -0.39 is 17.8 Å². The summed E-state index contributed by atoms with van der Waals surface area (Å²) < 4.78 is 31.6. The lowest BCUT2D eigenvalue weighted by Crippen LogP contribution is -2.40. The molecule has 5 N–H and O–H groups in total. The van der Waals surface area contributed by atoms with E-state index in [0.717, 1.165) is 18.4 Å². The molecule has 1 amide bonds. The number of carbonyl (C=O) groups is 2. The lowest BCUT2D eigenvalue weighted by molar-refractivity contribution is -0.150. The Bertz CT molecular complexity index is 1510. The summed E-state index contributed by atoms with van der Waals surface area (Å²) in [6.45, 7) is 1.87. The molecule has 0 radical (unpaired) electrons. The first kappa shape index (κ1) is 34.1. The molecular weight excluding hydrogens is 597 g/mol. The number of aliphatic hydroxyl groups is 1. The van der Waals surface area contributed by atoms with Crippen LogP contribution < -0.4 is 25.6 Å². The zero-order valence-electron chi connectivity index (χ0n) is 25.4. The summed E-state index contributed by atoms with van der Waals surface area (Å²) in [7, 11) is 0. The fourth-order valence-electron chi connectivity index (χ4n) is 5.23.